The minimum absolute atomic E-state index is 0.00165. The van der Waals surface area contributed by atoms with Crippen LogP contribution in [0.4, 0.5) is 5.82 Å². The van der Waals surface area contributed by atoms with Gasteiger partial charge in [0.15, 0.2) is 11.6 Å². The number of aromatic nitrogens is 2. The van der Waals surface area contributed by atoms with E-state index in [0.29, 0.717) is 13.1 Å². The summed E-state index contributed by atoms with van der Waals surface area (Å²) >= 11 is 0. The molecule has 1 fully saturated rings. The van der Waals surface area contributed by atoms with Gasteiger partial charge in [-0.1, -0.05) is 0 Å². The lowest BCUT2D eigenvalue weighted by Crippen LogP contribution is -2.32. The van der Waals surface area contributed by atoms with E-state index in [1.807, 2.05) is 66.7 Å². The maximum Gasteiger partial charge on any atom is 0.270 e. The van der Waals surface area contributed by atoms with Crippen LogP contribution in [0.2, 0.25) is 0 Å². The monoisotopic (exact) mass is 328 g/mol. The summed E-state index contributed by atoms with van der Waals surface area (Å²) < 4.78 is 8.05. The lowest BCUT2D eigenvalue weighted by molar-refractivity contribution is 0.0763. The normalized spacial score (nSPS) is 17.2. The van der Waals surface area contributed by atoms with Crippen molar-refractivity contribution in [2.75, 3.05) is 32.1 Å². The second-order valence-corrected chi connectivity index (χ2v) is 6.42. The molecule has 0 N–H and O–H groups in total. The van der Waals surface area contributed by atoms with Gasteiger partial charge in [0.05, 0.1) is 6.54 Å². The Morgan fingerprint density at radius 1 is 1.33 bits per heavy atom. The lowest BCUT2D eigenvalue weighted by atomic mass is 10.3. The van der Waals surface area contributed by atoms with Crippen molar-refractivity contribution in [2.45, 2.75) is 19.4 Å². The van der Waals surface area contributed by atoms with E-state index in [0.717, 1.165) is 29.4 Å². The Hall–Kier alpha value is -2.50. The third-order valence-electron chi connectivity index (χ3n) is 4.49. The number of ether oxygens (including phenoxy) is 1. The molecule has 0 radical (unpaired) electrons. The van der Waals surface area contributed by atoms with E-state index in [1.54, 1.807) is 6.20 Å². The minimum Gasteiger partial charge on any atom is -0.485 e. The molecule has 0 bridgehead atoms. The van der Waals surface area contributed by atoms with Crippen LogP contribution in [-0.4, -0.2) is 53.6 Å². The number of likely N-dealkylation sites (tertiary alicyclic amines) is 1. The van der Waals surface area contributed by atoms with Crippen LogP contribution in [0, 0.1) is 6.92 Å². The minimum atomic E-state index is -0.00165. The standard InChI is InChI=1S/C18H24N4O2/c1-13-7-8-15(21(13)4)18(23)22-11-9-14(12-22)24-16-6-5-10-19-17(16)20(2)3/h5-8,10,14H,9,11-12H2,1-4H3. The van der Waals surface area contributed by atoms with Crippen LogP contribution in [0.5, 0.6) is 5.75 Å². The fourth-order valence-electron chi connectivity index (χ4n) is 2.99. The summed E-state index contributed by atoms with van der Waals surface area (Å²) in [5, 5.41) is 0. The first-order valence-electron chi connectivity index (χ1n) is 8.18. The molecule has 0 saturated carbocycles. The second kappa shape index (κ2) is 6.55. The third kappa shape index (κ3) is 3.09. The van der Waals surface area contributed by atoms with E-state index in [2.05, 4.69) is 4.98 Å². The average Bonchev–Trinajstić information content (AvgIpc) is 3.15. The molecule has 24 heavy (non-hydrogen) atoms. The maximum absolute atomic E-state index is 12.7. The van der Waals surface area contributed by atoms with Crippen molar-refractivity contribution in [2.24, 2.45) is 7.05 Å². The van der Waals surface area contributed by atoms with E-state index in [9.17, 15) is 4.79 Å². The van der Waals surface area contributed by atoms with Crippen molar-refractivity contribution in [3.8, 4) is 5.75 Å². The molecule has 1 atom stereocenters. The van der Waals surface area contributed by atoms with Crippen LogP contribution in [0.1, 0.15) is 22.6 Å². The number of pyridine rings is 1. The molecule has 1 unspecified atom stereocenters. The Labute approximate surface area is 142 Å². The predicted molar refractivity (Wildman–Crippen MR) is 93.7 cm³/mol. The van der Waals surface area contributed by atoms with Gasteiger partial charge < -0.3 is 19.1 Å². The molecule has 2 aromatic rings. The quantitative estimate of drug-likeness (QED) is 0.862. The Kier molecular flexibility index (Phi) is 4.46. The number of hydrogen-bond acceptors (Lipinski definition) is 4. The molecular weight excluding hydrogens is 304 g/mol. The highest BCUT2D eigenvalue weighted by molar-refractivity contribution is 5.93. The summed E-state index contributed by atoms with van der Waals surface area (Å²) in [5.74, 6) is 1.63. The van der Waals surface area contributed by atoms with Gasteiger partial charge in [-0.15, -0.1) is 0 Å². The molecule has 0 spiro atoms. The van der Waals surface area contributed by atoms with Gasteiger partial charge in [-0.3, -0.25) is 4.79 Å². The number of amides is 1. The summed E-state index contributed by atoms with van der Waals surface area (Å²) in [4.78, 5) is 20.8. The van der Waals surface area contributed by atoms with Gasteiger partial charge in [0.25, 0.3) is 5.91 Å². The second-order valence-electron chi connectivity index (χ2n) is 6.42. The summed E-state index contributed by atoms with van der Waals surface area (Å²) in [5.41, 5.74) is 1.81. The highest BCUT2D eigenvalue weighted by Crippen LogP contribution is 2.27. The van der Waals surface area contributed by atoms with Crippen LogP contribution in [0.15, 0.2) is 30.5 Å². The van der Waals surface area contributed by atoms with Crippen LogP contribution in [0.3, 0.4) is 0 Å². The average molecular weight is 328 g/mol. The van der Waals surface area contributed by atoms with Gasteiger partial charge in [-0.25, -0.2) is 4.98 Å². The summed E-state index contributed by atoms with van der Waals surface area (Å²) in [6, 6.07) is 7.65. The maximum atomic E-state index is 12.7. The molecule has 128 valence electrons. The molecular formula is C18H24N4O2. The molecule has 0 aromatic carbocycles. The smallest absolute Gasteiger partial charge is 0.270 e. The van der Waals surface area contributed by atoms with Gasteiger partial charge in [0, 0.05) is 46.0 Å². The van der Waals surface area contributed by atoms with Crippen LogP contribution in [0.25, 0.3) is 0 Å². The van der Waals surface area contributed by atoms with Crippen LogP contribution < -0.4 is 9.64 Å². The zero-order valence-corrected chi connectivity index (χ0v) is 14.7. The van der Waals surface area contributed by atoms with E-state index in [1.165, 1.54) is 0 Å². The zero-order chi connectivity index (χ0) is 17.3. The predicted octanol–water partition coefficient (Wildman–Crippen LogP) is 2.09. The van der Waals surface area contributed by atoms with E-state index in [-0.39, 0.29) is 12.0 Å². The molecule has 1 aliphatic rings. The Morgan fingerprint density at radius 3 is 2.79 bits per heavy atom. The number of hydrogen-bond donors (Lipinski definition) is 0. The van der Waals surface area contributed by atoms with Crippen molar-refractivity contribution in [3.05, 3.63) is 41.9 Å². The lowest BCUT2D eigenvalue weighted by Gasteiger charge is -2.20. The molecule has 3 rings (SSSR count). The highest BCUT2D eigenvalue weighted by atomic mass is 16.5. The fraction of sp³-hybridized carbons (Fsp3) is 0.444. The Balaban J connectivity index is 1.68. The molecule has 1 amide bonds. The first-order valence-corrected chi connectivity index (χ1v) is 8.18. The van der Waals surface area contributed by atoms with Gasteiger partial charge in [0.2, 0.25) is 0 Å². The van der Waals surface area contributed by atoms with Crippen molar-refractivity contribution in [3.63, 3.8) is 0 Å². The van der Waals surface area contributed by atoms with Gasteiger partial charge in [-0.2, -0.15) is 0 Å². The summed E-state index contributed by atoms with van der Waals surface area (Å²) in [7, 11) is 5.81. The molecule has 6 heteroatoms. The number of carbonyl (C=O) groups is 1. The number of nitrogens with zero attached hydrogens (tertiary/aromatic N) is 4. The molecule has 1 aliphatic heterocycles. The third-order valence-corrected chi connectivity index (χ3v) is 4.49. The zero-order valence-electron chi connectivity index (χ0n) is 14.7. The van der Waals surface area contributed by atoms with Gasteiger partial charge >= 0.3 is 0 Å². The Morgan fingerprint density at radius 2 is 2.12 bits per heavy atom. The van der Waals surface area contributed by atoms with Gasteiger partial charge in [-0.05, 0) is 31.2 Å². The van der Waals surface area contributed by atoms with Crippen LogP contribution in [-0.2, 0) is 7.05 Å². The van der Waals surface area contributed by atoms with Crippen molar-refractivity contribution >= 4 is 11.7 Å². The Bertz CT molecular complexity index is 738. The van der Waals surface area contributed by atoms with E-state index in [4.69, 9.17) is 4.74 Å². The molecule has 6 nitrogen and oxygen atoms in total. The molecule has 1 saturated heterocycles. The number of rotatable bonds is 4. The number of anilines is 1. The topological polar surface area (TPSA) is 50.6 Å². The van der Waals surface area contributed by atoms with Crippen molar-refractivity contribution < 1.29 is 9.53 Å². The highest BCUT2D eigenvalue weighted by Gasteiger charge is 2.30. The molecule has 2 aromatic heterocycles. The van der Waals surface area contributed by atoms with Crippen LogP contribution >= 0.6 is 0 Å². The fourth-order valence-corrected chi connectivity index (χ4v) is 2.99. The SMILES string of the molecule is Cc1ccc(C(=O)N2CCC(Oc3cccnc3N(C)C)C2)n1C. The van der Waals surface area contributed by atoms with E-state index >= 15 is 0 Å². The first-order chi connectivity index (χ1) is 11.5. The largest absolute Gasteiger partial charge is 0.485 e. The number of carbonyl (C=O) groups excluding carboxylic acids is 1. The van der Waals surface area contributed by atoms with Crippen molar-refractivity contribution in [1.82, 2.24) is 14.5 Å². The van der Waals surface area contributed by atoms with Crippen molar-refractivity contribution in [1.29, 1.82) is 0 Å². The van der Waals surface area contributed by atoms with E-state index < -0.39 is 0 Å². The number of aryl methyl sites for hydroxylation is 1. The summed E-state index contributed by atoms with van der Waals surface area (Å²) in [6.45, 7) is 3.31. The summed E-state index contributed by atoms with van der Waals surface area (Å²) in [6.07, 6.45) is 2.58. The first kappa shape index (κ1) is 16.4. The molecule has 0 aliphatic carbocycles. The molecule has 3 heterocycles. The van der Waals surface area contributed by atoms with Gasteiger partial charge in [0.1, 0.15) is 11.8 Å².